The standard InChI is InChI=1S/C23H24N4O/c1-26(2)20-11-9-19(10-12-20)25-23(28)18-13-14-24-22(16-18)27-15-5-7-17-6-3-4-8-21(17)27/h3-4,6,8-14,16H,5,7,15H2,1-2H3,(H,25,28). The Morgan fingerprint density at radius 2 is 1.86 bits per heavy atom. The second-order valence-corrected chi connectivity index (χ2v) is 7.18. The molecule has 3 aromatic rings. The summed E-state index contributed by atoms with van der Waals surface area (Å²) in [6, 6.07) is 19.8. The van der Waals surface area contributed by atoms with Crippen LogP contribution in [0, 0.1) is 0 Å². The van der Waals surface area contributed by atoms with Gasteiger partial charge in [0.15, 0.2) is 0 Å². The van der Waals surface area contributed by atoms with Gasteiger partial charge < -0.3 is 15.1 Å². The molecule has 1 aliphatic rings. The van der Waals surface area contributed by atoms with Gasteiger partial charge >= 0.3 is 0 Å². The van der Waals surface area contributed by atoms with Crippen LogP contribution in [0.1, 0.15) is 22.3 Å². The SMILES string of the molecule is CN(C)c1ccc(NC(=O)c2ccnc(N3CCCc4ccccc43)c2)cc1. The van der Waals surface area contributed by atoms with Crippen molar-refractivity contribution < 1.29 is 4.79 Å². The minimum atomic E-state index is -0.133. The van der Waals surface area contributed by atoms with Crippen LogP contribution in [0.5, 0.6) is 0 Å². The van der Waals surface area contributed by atoms with E-state index in [-0.39, 0.29) is 5.91 Å². The van der Waals surface area contributed by atoms with Crippen LogP contribution in [0.3, 0.4) is 0 Å². The average Bonchev–Trinajstić information content (AvgIpc) is 2.74. The number of rotatable bonds is 4. The van der Waals surface area contributed by atoms with Gasteiger partial charge in [-0.15, -0.1) is 0 Å². The smallest absolute Gasteiger partial charge is 0.255 e. The third-order valence-corrected chi connectivity index (χ3v) is 5.04. The molecule has 28 heavy (non-hydrogen) atoms. The Morgan fingerprint density at radius 1 is 1.07 bits per heavy atom. The Hall–Kier alpha value is -3.34. The van der Waals surface area contributed by atoms with E-state index in [9.17, 15) is 4.79 Å². The molecule has 0 atom stereocenters. The number of amides is 1. The third kappa shape index (κ3) is 3.69. The summed E-state index contributed by atoms with van der Waals surface area (Å²) in [7, 11) is 3.98. The van der Waals surface area contributed by atoms with E-state index in [1.807, 2.05) is 55.4 Å². The number of nitrogens with zero attached hydrogens (tertiary/aromatic N) is 3. The molecule has 1 N–H and O–H groups in total. The predicted molar refractivity (Wildman–Crippen MR) is 115 cm³/mol. The van der Waals surface area contributed by atoms with Crippen molar-refractivity contribution >= 4 is 28.8 Å². The first-order chi connectivity index (χ1) is 13.6. The first-order valence-electron chi connectivity index (χ1n) is 9.52. The molecule has 1 aromatic heterocycles. The first kappa shape index (κ1) is 18.0. The molecule has 1 aliphatic heterocycles. The summed E-state index contributed by atoms with van der Waals surface area (Å²) in [5, 5.41) is 2.97. The molecular weight excluding hydrogens is 348 g/mol. The maximum Gasteiger partial charge on any atom is 0.255 e. The molecule has 0 radical (unpaired) electrons. The van der Waals surface area contributed by atoms with Gasteiger partial charge in [0.25, 0.3) is 5.91 Å². The minimum absolute atomic E-state index is 0.133. The van der Waals surface area contributed by atoms with E-state index < -0.39 is 0 Å². The van der Waals surface area contributed by atoms with E-state index in [2.05, 4.69) is 33.4 Å². The summed E-state index contributed by atoms with van der Waals surface area (Å²) >= 11 is 0. The lowest BCUT2D eigenvalue weighted by molar-refractivity contribution is 0.102. The van der Waals surface area contributed by atoms with Crippen LogP contribution in [-0.2, 0) is 6.42 Å². The molecule has 4 rings (SSSR count). The van der Waals surface area contributed by atoms with Crippen LogP contribution in [0.15, 0.2) is 66.9 Å². The zero-order chi connectivity index (χ0) is 19.5. The molecule has 5 heteroatoms. The van der Waals surface area contributed by atoms with Gasteiger partial charge in [-0.1, -0.05) is 18.2 Å². The lowest BCUT2D eigenvalue weighted by Crippen LogP contribution is -2.25. The fourth-order valence-corrected chi connectivity index (χ4v) is 3.53. The first-order valence-corrected chi connectivity index (χ1v) is 9.52. The summed E-state index contributed by atoms with van der Waals surface area (Å²) in [6.07, 6.45) is 3.86. The number of pyridine rings is 1. The van der Waals surface area contributed by atoms with Gasteiger partial charge in [0, 0.05) is 49.5 Å². The third-order valence-electron chi connectivity index (χ3n) is 5.04. The number of benzene rings is 2. The Kier molecular flexibility index (Phi) is 4.98. The number of nitrogens with one attached hydrogen (secondary N) is 1. The number of carbonyl (C=O) groups excluding carboxylic acids is 1. The van der Waals surface area contributed by atoms with Crippen molar-refractivity contribution in [1.82, 2.24) is 4.98 Å². The number of aromatic nitrogens is 1. The van der Waals surface area contributed by atoms with Gasteiger partial charge in [0.2, 0.25) is 0 Å². The van der Waals surface area contributed by atoms with Gasteiger partial charge in [0.05, 0.1) is 0 Å². The number of fused-ring (bicyclic) bond motifs is 1. The Morgan fingerprint density at radius 3 is 2.64 bits per heavy atom. The van der Waals surface area contributed by atoms with Crippen LogP contribution < -0.4 is 15.1 Å². The van der Waals surface area contributed by atoms with Crippen molar-refractivity contribution in [2.45, 2.75) is 12.8 Å². The number of hydrogen-bond donors (Lipinski definition) is 1. The van der Waals surface area contributed by atoms with Gasteiger partial charge in [-0.3, -0.25) is 4.79 Å². The average molecular weight is 372 g/mol. The van der Waals surface area contributed by atoms with Crippen LogP contribution in [0.25, 0.3) is 0 Å². The topological polar surface area (TPSA) is 48.5 Å². The summed E-state index contributed by atoms with van der Waals surface area (Å²) in [5.74, 6) is 0.675. The van der Waals surface area contributed by atoms with E-state index in [1.165, 1.54) is 11.3 Å². The number of hydrogen-bond acceptors (Lipinski definition) is 4. The van der Waals surface area contributed by atoms with E-state index in [0.717, 1.165) is 36.6 Å². The van der Waals surface area contributed by atoms with Crippen LogP contribution >= 0.6 is 0 Å². The van der Waals surface area contributed by atoms with Crippen LogP contribution in [0.4, 0.5) is 22.9 Å². The van der Waals surface area contributed by atoms with Crippen molar-refractivity contribution in [2.24, 2.45) is 0 Å². The van der Waals surface area contributed by atoms with Gasteiger partial charge in [-0.2, -0.15) is 0 Å². The summed E-state index contributed by atoms with van der Waals surface area (Å²) in [5.41, 5.74) is 4.97. The monoisotopic (exact) mass is 372 g/mol. The lowest BCUT2D eigenvalue weighted by Gasteiger charge is -2.30. The zero-order valence-corrected chi connectivity index (χ0v) is 16.2. The van der Waals surface area contributed by atoms with E-state index in [4.69, 9.17) is 0 Å². The number of aryl methyl sites for hydroxylation is 1. The zero-order valence-electron chi connectivity index (χ0n) is 16.2. The fraction of sp³-hybridized carbons (Fsp3) is 0.217. The molecule has 2 aromatic carbocycles. The number of carbonyl (C=O) groups is 1. The Balaban J connectivity index is 1.55. The number of para-hydroxylation sites is 1. The van der Waals surface area contributed by atoms with E-state index >= 15 is 0 Å². The second-order valence-electron chi connectivity index (χ2n) is 7.18. The summed E-state index contributed by atoms with van der Waals surface area (Å²) in [4.78, 5) is 21.5. The van der Waals surface area contributed by atoms with Crippen molar-refractivity contribution in [3.05, 3.63) is 78.0 Å². The molecule has 0 unspecified atom stereocenters. The molecular formula is C23H24N4O. The molecule has 2 heterocycles. The Bertz CT molecular complexity index is 982. The second kappa shape index (κ2) is 7.72. The van der Waals surface area contributed by atoms with Gasteiger partial charge in [-0.25, -0.2) is 4.98 Å². The molecule has 0 fully saturated rings. The highest BCUT2D eigenvalue weighted by atomic mass is 16.1. The molecule has 0 saturated heterocycles. The van der Waals surface area contributed by atoms with Crippen LogP contribution in [-0.4, -0.2) is 31.5 Å². The molecule has 142 valence electrons. The quantitative estimate of drug-likeness (QED) is 0.733. The summed E-state index contributed by atoms with van der Waals surface area (Å²) in [6.45, 7) is 0.904. The molecule has 5 nitrogen and oxygen atoms in total. The normalized spacial score (nSPS) is 13.0. The number of anilines is 4. The van der Waals surface area contributed by atoms with Crippen molar-refractivity contribution in [2.75, 3.05) is 35.8 Å². The highest BCUT2D eigenvalue weighted by Gasteiger charge is 2.19. The van der Waals surface area contributed by atoms with E-state index in [0.29, 0.717) is 5.56 Å². The molecule has 0 aliphatic carbocycles. The minimum Gasteiger partial charge on any atom is -0.378 e. The fourth-order valence-electron chi connectivity index (χ4n) is 3.53. The van der Waals surface area contributed by atoms with Crippen molar-refractivity contribution in [3.8, 4) is 0 Å². The molecule has 0 bridgehead atoms. The highest BCUT2D eigenvalue weighted by Crippen LogP contribution is 2.32. The van der Waals surface area contributed by atoms with E-state index in [1.54, 1.807) is 12.3 Å². The largest absolute Gasteiger partial charge is 0.378 e. The molecule has 0 spiro atoms. The summed E-state index contributed by atoms with van der Waals surface area (Å²) < 4.78 is 0. The predicted octanol–water partition coefficient (Wildman–Crippen LogP) is 4.48. The molecule has 1 amide bonds. The Labute approximate surface area is 165 Å². The van der Waals surface area contributed by atoms with Gasteiger partial charge in [0.1, 0.15) is 5.82 Å². The van der Waals surface area contributed by atoms with Crippen molar-refractivity contribution in [1.29, 1.82) is 0 Å². The maximum atomic E-state index is 12.7. The molecule has 0 saturated carbocycles. The van der Waals surface area contributed by atoms with Gasteiger partial charge in [-0.05, 0) is 60.9 Å². The van der Waals surface area contributed by atoms with Crippen LogP contribution in [0.2, 0.25) is 0 Å². The lowest BCUT2D eigenvalue weighted by atomic mass is 10.0. The highest BCUT2D eigenvalue weighted by molar-refractivity contribution is 6.04. The maximum absolute atomic E-state index is 12.7. The van der Waals surface area contributed by atoms with Crippen molar-refractivity contribution in [3.63, 3.8) is 0 Å².